The molecule has 3 N–H and O–H groups in total. The summed E-state index contributed by atoms with van der Waals surface area (Å²) >= 11 is 0. The molecule has 0 aliphatic carbocycles. The molecular formula is C28H39NO3. The molecule has 0 fully saturated rings. The molecule has 3 unspecified atom stereocenters. The van der Waals surface area contributed by atoms with Crippen LogP contribution < -0.4 is 5.32 Å². The van der Waals surface area contributed by atoms with Crippen LogP contribution in [0.25, 0.3) is 0 Å². The fourth-order valence-corrected chi connectivity index (χ4v) is 2.97. The second kappa shape index (κ2) is 17.9. The summed E-state index contributed by atoms with van der Waals surface area (Å²) in [5.41, 5.74) is 1.07. The van der Waals surface area contributed by atoms with Gasteiger partial charge in [-0.05, 0) is 32.6 Å². The highest BCUT2D eigenvalue weighted by Gasteiger charge is 2.08. The molecule has 0 spiro atoms. The minimum atomic E-state index is -0.717. The maximum atomic E-state index is 12.3. The normalized spacial score (nSPS) is 24.2. The average Bonchev–Trinajstić information content (AvgIpc) is 2.75. The molecule has 1 rings (SSSR count). The number of hydrogen-bond acceptors (Lipinski definition) is 3. The van der Waals surface area contributed by atoms with Crippen LogP contribution in [-0.4, -0.2) is 34.4 Å². The average molecular weight is 438 g/mol. The molecule has 0 radical (unpaired) electrons. The quantitative estimate of drug-likeness (QED) is 0.504. The van der Waals surface area contributed by atoms with Gasteiger partial charge in [-0.15, -0.1) is 0 Å². The number of aliphatic hydroxyl groups excluding tert-OH is 2. The molecular weight excluding hydrogens is 398 g/mol. The summed E-state index contributed by atoms with van der Waals surface area (Å²) in [5, 5.41) is 23.1. The molecule has 1 amide bonds. The van der Waals surface area contributed by atoms with E-state index in [1.807, 2.05) is 37.3 Å². The number of carbonyl (C=O) groups excluding carboxylic acids is 1. The monoisotopic (exact) mass is 437 g/mol. The van der Waals surface area contributed by atoms with Crippen LogP contribution in [0, 0.1) is 0 Å². The molecule has 0 saturated heterocycles. The van der Waals surface area contributed by atoms with E-state index in [9.17, 15) is 15.0 Å². The smallest absolute Gasteiger partial charge is 0.244 e. The van der Waals surface area contributed by atoms with Crippen LogP contribution in [0.15, 0.2) is 96.7 Å². The predicted octanol–water partition coefficient (Wildman–Crippen LogP) is 5.41. The topological polar surface area (TPSA) is 69.6 Å². The van der Waals surface area contributed by atoms with Crippen molar-refractivity contribution in [3.05, 3.63) is 96.7 Å². The van der Waals surface area contributed by atoms with Crippen molar-refractivity contribution >= 4 is 5.91 Å². The van der Waals surface area contributed by atoms with Gasteiger partial charge in [-0.2, -0.15) is 0 Å². The van der Waals surface area contributed by atoms with Crippen molar-refractivity contribution in [1.82, 2.24) is 5.32 Å². The van der Waals surface area contributed by atoms with Gasteiger partial charge >= 0.3 is 0 Å². The summed E-state index contributed by atoms with van der Waals surface area (Å²) in [7, 11) is 0. The summed E-state index contributed by atoms with van der Waals surface area (Å²) in [4.78, 5) is 12.3. The molecule has 3 atom stereocenters. The van der Waals surface area contributed by atoms with Crippen molar-refractivity contribution in [2.75, 3.05) is 0 Å². The highest BCUT2D eigenvalue weighted by molar-refractivity contribution is 5.88. The predicted molar refractivity (Wildman–Crippen MR) is 135 cm³/mol. The van der Waals surface area contributed by atoms with Crippen molar-refractivity contribution < 1.29 is 15.0 Å². The van der Waals surface area contributed by atoms with E-state index in [1.54, 1.807) is 30.4 Å². The number of allylic oxidation sites excluding steroid dienone is 11. The van der Waals surface area contributed by atoms with Crippen LogP contribution in [0.4, 0.5) is 0 Å². The lowest BCUT2D eigenvalue weighted by Crippen LogP contribution is -2.32. The third-order valence-corrected chi connectivity index (χ3v) is 4.74. The number of nitrogens with one attached hydrogen (secondary N) is 1. The van der Waals surface area contributed by atoms with Gasteiger partial charge in [0.25, 0.3) is 0 Å². The summed E-state index contributed by atoms with van der Waals surface area (Å²) < 4.78 is 0. The molecule has 4 nitrogen and oxygen atoms in total. The Hall–Kier alpha value is -2.69. The SMILES string of the molecule is CCCC=CC=CCC1CC=CC=C(C)C=CCC(O)CC(O)C=CC=CC=CC(=O)N1. The zero-order valence-electron chi connectivity index (χ0n) is 19.4. The van der Waals surface area contributed by atoms with Crippen LogP contribution >= 0.6 is 0 Å². The molecule has 0 bridgehead atoms. The summed E-state index contributed by atoms with van der Waals surface area (Å²) in [5.74, 6) is -0.140. The number of rotatable bonds is 5. The number of carbonyl (C=O) groups is 1. The van der Waals surface area contributed by atoms with Gasteiger partial charge in [0.1, 0.15) is 0 Å². The Morgan fingerprint density at radius 1 is 1.00 bits per heavy atom. The van der Waals surface area contributed by atoms with Crippen molar-refractivity contribution in [2.24, 2.45) is 0 Å². The lowest BCUT2D eigenvalue weighted by Gasteiger charge is -2.14. The van der Waals surface area contributed by atoms with Gasteiger partial charge < -0.3 is 15.5 Å². The maximum Gasteiger partial charge on any atom is 0.244 e. The van der Waals surface area contributed by atoms with E-state index in [2.05, 4.69) is 36.5 Å². The van der Waals surface area contributed by atoms with Crippen LogP contribution in [0.3, 0.4) is 0 Å². The zero-order valence-corrected chi connectivity index (χ0v) is 19.4. The first-order chi connectivity index (χ1) is 15.5. The minimum absolute atomic E-state index is 0.00300. The van der Waals surface area contributed by atoms with Crippen LogP contribution in [-0.2, 0) is 4.79 Å². The lowest BCUT2D eigenvalue weighted by atomic mass is 10.1. The Balaban J connectivity index is 2.87. The number of amides is 1. The zero-order chi connectivity index (χ0) is 23.4. The van der Waals surface area contributed by atoms with Crippen molar-refractivity contribution in [1.29, 1.82) is 0 Å². The summed E-state index contributed by atoms with van der Waals surface area (Å²) in [6.45, 7) is 4.15. The second-order valence-electron chi connectivity index (χ2n) is 7.88. The largest absolute Gasteiger partial charge is 0.393 e. The number of unbranched alkanes of at least 4 members (excludes halogenated alkanes) is 1. The van der Waals surface area contributed by atoms with Crippen LogP contribution in [0.5, 0.6) is 0 Å². The fourth-order valence-electron chi connectivity index (χ4n) is 2.97. The third kappa shape index (κ3) is 15.2. The first-order valence-corrected chi connectivity index (χ1v) is 11.5. The molecule has 32 heavy (non-hydrogen) atoms. The van der Waals surface area contributed by atoms with Gasteiger partial charge in [0, 0.05) is 18.5 Å². The Bertz CT molecular complexity index is 766. The molecule has 0 aromatic rings. The van der Waals surface area contributed by atoms with Gasteiger partial charge in [-0.3, -0.25) is 4.79 Å². The first kappa shape index (κ1) is 27.3. The minimum Gasteiger partial charge on any atom is -0.393 e. The van der Waals surface area contributed by atoms with E-state index in [4.69, 9.17) is 0 Å². The second-order valence-corrected chi connectivity index (χ2v) is 7.88. The number of aliphatic hydroxyl groups is 2. The molecule has 0 aromatic heterocycles. The van der Waals surface area contributed by atoms with Crippen molar-refractivity contribution in [2.45, 2.75) is 70.6 Å². The lowest BCUT2D eigenvalue weighted by molar-refractivity contribution is -0.117. The first-order valence-electron chi connectivity index (χ1n) is 11.5. The summed E-state index contributed by atoms with van der Waals surface area (Å²) in [6, 6.07) is 0.00300. The van der Waals surface area contributed by atoms with Crippen LogP contribution in [0.2, 0.25) is 0 Å². The molecule has 0 saturated carbocycles. The van der Waals surface area contributed by atoms with Gasteiger partial charge in [0.15, 0.2) is 0 Å². The molecule has 0 aromatic carbocycles. The van der Waals surface area contributed by atoms with Crippen LogP contribution in [0.1, 0.15) is 52.4 Å². The van der Waals surface area contributed by atoms with E-state index in [0.29, 0.717) is 6.42 Å². The summed E-state index contributed by atoms with van der Waals surface area (Å²) in [6.07, 6.45) is 31.4. The van der Waals surface area contributed by atoms with E-state index in [-0.39, 0.29) is 18.4 Å². The Morgan fingerprint density at radius 3 is 2.59 bits per heavy atom. The molecule has 1 aliphatic heterocycles. The number of hydrogen-bond donors (Lipinski definition) is 3. The van der Waals surface area contributed by atoms with E-state index < -0.39 is 12.2 Å². The van der Waals surface area contributed by atoms with Gasteiger partial charge in [0.2, 0.25) is 5.91 Å². The molecule has 1 heterocycles. The van der Waals surface area contributed by atoms with Gasteiger partial charge in [0.05, 0.1) is 12.2 Å². The highest BCUT2D eigenvalue weighted by atomic mass is 16.3. The van der Waals surface area contributed by atoms with E-state index >= 15 is 0 Å². The third-order valence-electron chi connectivity index (χ3n) is 4.74. The molecule has 174 valence electrons. The Labute approximate surface area is 193 Å². The van der Waals surface area contributed by atoms with Gasteiger partial charge in [-0.1, -0.05) is 104 Å². The van der Waals surface area contributed by atoms with Gasteiger partial charge in [-0.25, -0.2) is 0 Å². The highest BCUT2D eigenvalue weighted by Crippen LogP contribution is 2.08. The van der Waals surface area contributed by atoms with Crippen molar-refractivity contribution in [3.8, 4) is 0 Å². The van der Waals surface area contributed by atoms with Crippen molar-refractivity contribution in [3.63, 3.8) is 0 Å². The van der Waals surface area contributed by atoms with E-state index in [1.165, 1.54) is 6.08 Å². The maximum absolute atomic E-state index is 12.3. The molecule has 4 heteroatoms. The fraction of sp³-hybridized carbons (Fsp3) is 0.393. The Morgan fingerprint density at radius 2 is 1.78 bits per heavy atom. The standard InChI is InChI=1S/C28H39NO3/c1-3-4-5-6-7-10-18-25-19-14-13-16-24(2)17-15-21-27(31)23-26(30)20-11-8-9-12-22-28(32)29-25/h5-17,20,22,25-27,30-31H,3-4,18-19,21,23H2,1-2H3,(H,29,32). The Kier molecular flexibility index (Phi) is 15.3. The molecule has 1 aliphatic rings. The van der Waals surface area contributed by atoms with E-state index in [0.717, 1.165) is 31.3 Å².